The maximum absolute atomic E-state index is 12.1. The highest BCUT2D eigenvalue weighted by Gasteiger charge is 2.20. The molecule has 7 heteroatoms. The molecule has 0 radical (unpaired) electrons. The van der Waals surface area contributed by atoms with Gasteiger partial charge in [-0.1, -0.05) is 0 Å². The summed E-state index contributed by atoms with van der Waals surface area (Å²) in [5.74, 6) is 0.720. The van der Waals surface area contributed by atoms with Gasteiger partial charge < -0.3 is 9.73 Å². The topological polar surface area (TPSA) is 76.2 Å². The number of amides is 1. The minimum atomic E-state index is -0.392. The minimum absolute atomic E-state index is 0.00287. The van der Waals surface area contributed by atoms with Crippen LogP contribution in [0.3, 0.4) is 0 Å². The third-order valence-electron chi connectivity index (χ3n) is 3.18. The molecule has 0 aliphatic rings. The molecule has 0 saturated heterocycles. The molecule has 2 heterocycles. The second-order valence-corrected chi connectivity index (χ2v) is 4.79. The lowest BCUT2D eigenvalue weighted by Crippen LogP contribution is -2.37. The fraction of sp³-hybridized carbons (Fsp3) is 0.462. The third-order valence-corrected chi connectivity index (χ3v) is 3.18. The lowest BCUT2D eigenvalue weighted by Gasteiger charge is -2.23. The van der Waals surface area contributed by atoms with Gasteiger partial charge in [-0.05, 0) is 33.2 Å². The SMILES string of the molecule is C[C@@H](C(=O)NC[C@H](c1ccco1)N(C)C)n1cncn1. The largest absolute Gasteiger partial charge is 0.468 e. The first-order valence-electron chi connectivity index (χ1n) is 6.41. The predicted octanol–water partition coefficient (Wildman–Crippen LogP) is 0.851. The van der Waals surface area contributed by atoms with Gasteiger partial charge in [-0.3, -0.25) is 9.69 Å². The second-order valence-electron chi connectivity index (χ2n) is 4.79. The predicted molar refractivity (Wildman–Crippen MR) is 72.9 cm³/mol. The Bertz CT molecular complexity index is 521. The van der Waals surface area contributed by atoms with E-state index in [0.717, 1.165) is 5.76 Å². The molecule has 2 aromatic heterocycles. The minimum Gasteiger partial charge on any atom is -0.468 e. The van der Waals surface area contributed by atoms with Crippen LogP contribution in [0.1, 0.15) is 24.8 Å². The van der Waals surface area contributed by atoms with Crippen LogP contribution in [0.4, 0.5) is 0 Å². The summed E-state index contributed by atoms with van der Waals surface area (Å²) in [5.41, 5.74) is 0. The van der Waals surface area contributed by atoms with E-state index in [9.17, 15) is 4.79 Å². The van der Waals surface area contributed by atoms with E-state index in [4.69, 9.17) is 4.42 Å². The summed E-state index contributed by atoms with van der Waals surface area (Å²) in [4.78, 5) is 17.9. The van der Waals surface area contributed by atoms with Gasteiger partial charge in [0.1, 0.15) is 24.5 Å². The van der Waals surface area contributed by atoms with Crippen LogP contribution in [0.15, 0.2) is 35.5 Å². The number of furan rings is 1. The van der Waals surface area contributed by atoms with Crippen LogP contribution in [0.2, 0.25) is 0 Å². The number of carbonyl (C=O) groups excluding carboxylic acids is 1. The van der Waals surface area contributed by atoms with E-state index in [2.05, 4.69) is 15.4 Å². The van der Waals surface area contributed by atoms with Crippen LogP contribution in [-0.4, -0.2) is 46.2 Å². The van der Waals surface area contributed by atoms with E-state index < -0.39 is 6.04 Å². The van der Waals surface area contributed by atoms with E-state index in [1.54, 1.807) is 13.2 Å². The molecular formula is C13H19N5O2. The van der Waals surface area contributed by atoms with Crippen molar-refractivity contribution >= 4 is 5.91 Å². The molecule has 1 N–H and O–H groups in total. The van der Waals surface area contributed by atoms with Crippen molar-refractivity contribution in [2.45, 2.75) is 19.0 Å². The number of aromatic nitrogens is 3. The van der Waals surface area contributed by atoms with Crippen LogP contribution in [-0.2, 0) is 4.79 Å². The molecular weight excluding hydrogens is 258 g/mol. The van der Waals surface area contributed by atoms with Gasteiger partial charge in [-0.25, -0.2) is 9.67 Å². The van der Waals surface area contributed by atoms with E-state index >= 15 is 0 Å². The highest BCUT2D eigenvalue weighted by atomic mass is 16.3. The standard InChI is InChI=1S/C13H19N5O2/c1-10(18-9-14-8-16-18)13(19)15-7-11(17(2)3)12-5-4-6-20-12/h4-6,8-11H,7H2,1-3H3,(H,15,19)/t10-,11+/m0/s1. The number of likely N-dealkylation sites (N-methyl/N-ethyl adjacent to an activating group) is 1. The Morgan fingerprint density at radius 2 is 2.35 bits per heavy atom. The van der Waals surface area contributed by atoms with Gasteiger partial charge in [0.25, 0.3) is 0 Å². The van der Waals surface area contributed by atoms with Crippen LogP contribution >= 0.6 is 0 Å². The van der Waals surface area contributed by atoms with Gasteiger partial charge in [0, 0.05) is 6.54 Å². The zero-order chi connectivity index (χ0) is 14.5. The normalized spacial score (nSPS) is 14.2. The van der Waals surface area contributed by atoms with Gasteiger partial charge in [-0.15, -0.1) is 0 Å². The molecule has 108 valence electrons. The van der Waals surface area contributed by atoms with Crippen molar-refractivity contribution in [3.8, 4) is 0 Å². The highest BCUT2D eigenvalue weighted by Crippen LogP contribution is 2.17. The summed E-state index contributed by atoms with van der Waals surface area (Å²) in [6.45, 7) is 2.25. The molecule has 20 heavy (non-hydrogen) atoms. The molecule has 0 aliphatic heterocycles. The first kappa shape index (κ1) is 14.3. The number of nitrogens with one attached hydrogen (secondary N) is 1. The second kappa shape index (κ2) is 6.33. The lowest BCUT2D eigenvalue weighted by atomic mass is 10.2. The fourth-order valence-electron chi connectivity index (χ4n) is 1.90. The third kappa shape index (κ3) is 3.24. The van der Waals surface area contributed by atoms with Crippen molar-refractivity contribution in [1.29, 1.82) is 0 Å². The Hall–Kier alpha value is -2.15. The van der Waals surface area contributed by atoms with Gasteiger partial charge >= 0.3 is 0 Å². The molecule has 2 rings (SSSR count). The summed E-state index contributed by atoms with van der Waals surface area (Å²) in [6, 6.07) is 3.34. The van der Waals surface area contributed by atoms with Gasteiger partial charge in [0.05, 0.1) is 12.3 Å². The Morgan fingerprint density at radius 1 is 1.55 bits per heavy atom. The fourth-order valence-corrected chi connectivity index (χ4v) is 1.90. The van der Waals surface area contributed by atoms with Crippen LogP contribution in [0.5, 0.6) is 0 Å². The first-order chi connectivity index (χ1) is 9.59. The molecule has 0 fully saturated rings. The zero-order valence-corrected chi connectivity index (χ0v) is 11.9. The Morgan fingerprint density at radius 3 is 2.90 bits per heavy atom. The van der Waals surface area contributed by atoms with E-state index in [-0.39, 0.29) is 11.9 Å². The number of carbonyl (C=O) groups is 1. The quantitative estimate of drug-likeness (QED) is 0.847. The van der Waals surface area contributed by atoms with Gasteiger partial charge in [-0.2, -0.15) is 5.10 Å². The van der Waals surface area contributed by atoms with Crippen LogP contribution in [0, 0.1) is 0 Å². The number of rotatable bonds is 6. The molecule has 0 saturated carbocycles. The van der Waals surface area contributed by atoms with Gasteiger partial charge in [0.2, 0.25) is 5.91 Å². The number of hydrogen-bond donors (Lipinski definition) is 1. The average molecular weight is 277 g/mol. The monoisotopic (exact) mass is 277 g/mol. The molecule has 7 nitrogen and oxygen atoms in total. The molecule has 0 spiro atoms. The van der Waals surface area contributed by atoms with Crippen molar-refractivity contribution in [3.05, 3.63) is 36.8 Å². The average Bonchev–Trinajstić information content (AvgIpc) is 3.10. The number of nitrogens with zero attached hydrogens (tertiary/aromatic N) is 4. The molecule has 2 atom stereocenters. The smallest absolute Gasteiger partial charge is 0.244 e. The zero-order valence-electron chi connectivity index (χ0n) is 11.9. The van der Waals surface area contributed by atoms with E-state index in [0.29, 0.717) is 6.54 Å². The molecule has 2 aromatic rings. The van der Waals surface area contributed by atoms with Crippen molar-refractivity contribution < 1.29 is 9.21 Å². The van der Waals surface area contributed by atoms with Crippen molar-refractivity contribution in [1.82, 2.24) is 25.0 Å². The van der Waals surface area contributed by atoms with E-state index in [1.165, 1.54) is 17.3 Å². The van der Waals surface area contributed by atoms with Gasteiger partial charge in [0.15, 0.2) is 0 Å². The Kier molecular flexibility index (Phi) is 4.52. The summed E-state index contributed by atoms with van der Waals surface area (Å²) >= 11 is 0. The van der Waals surface area contributed by atoms with E-state index in [1.807, 2.05) is 31.1 Å². The van der Waals surface area contributed by atoms with Crippen molar-refractivity contribution in [2.24, 2.45) is 0 Å². The summed E-state index contributed by atoms with van der Waals surface area (Å²) in [7, 11) is 3.89. The van der Waals surface area contributed by atoms with Crippen LogP contribution in [0.25, 0.3) is 0 Å². The lowest BCUT2D eigenvalue weighted by molar-refractivity contribution is -0.124. The molecule has 1 amide bonds. The molecule has 0 aromatic carbocycles. The Balaban J connectivity index is 1.94. The van der Waals surface area contributed by atoms with Crippen molar-refractivity contribution in [2.75, 3.05) is 20.6 Å². The summed E-state index contributed by atoms with van der Waals surface area (Å²) in [5, 5.41) is 6.88. The summed E-state index contributed by atoms with van der Waals surface area (Å²) < 4.78 is 6.92. The maximum Gasteiger partial charge on any atom is 0.244 e. The van der Waals surface area contributed by atoms with Crippen LogP contribution < -0.4 is 5.32 Å². The molecule has 0 aliphatic carbocycles. The first-order valence-corrected chi connectivity index (χ1v) is 6.41. The highest BCUT2D eigenvalue weighted by molar-refractivity contribution is 5.79. The van der Waals surface area contributed by atoms with Crippen molar-refractivity contribution in [3.63, 3.8) is 0 Å². The molecule has 0 bridgehead atoms. The summed E-state index contributed by atoms with van der Waals surface area (Å²) in [6.07, 6.45) is 4.57. The Labute approximate surface area is 117 Å². The number of hydrogen-bond acceptors (Lipinski definition) is 5. The maximum atomic E-state index is 12.1. The molecule has 0 unspecified atom stereocenters.